The second-order valence-corrected chi connectivity index (χ2v) is 7.54. The van der Waals surface area contributed by atoms with Crippen molar-refractivity contribution in [1.82, 2.24) is 24.8 Å². The van der Waals surface area contributed by atoms with Crippen molar-refractivity contribution in [2.24, 2.45) is 5.92 Å². The molecule has 3 heterocycles. The Balaban J connectivity index is 1.49. The molecule has 2 amide bonds. The summed E-state index contributed by atoms with van der Waals surface area (Å²) in [4.78, 5) is 24.2. The standard InChI is InChI=1S/C17H25N5OS/c1-3-14-10-20-16(24-14)4-6-19-17(23)21-8-5-13(2)15(11-21)22-9-7-18-12-22/h7,9-10,12-13,15H,3-6,8,11H2,1-2H3,(H,19,23)/t13-,15-/m1/s1. The van der Waals surface area contributed by atoms with E-state index in [1.807, 2.05) is 23.6 Å². The smallest absolute Gasteiger partial charge is 0.317 e. The molecule has 1 saturated heterocycles. The van der Waals surface area contributed by atoms with Crippen molar-refractivity contribution >= 4 is 17.4 Å². The lowest BCUT2D eigenvalue weighted by atomic mass is 9.93. The number of thiazole rings is 1. The summed E-state index contributed by atoms with van der Waals surface area (Å²) in [7, 11) is 0. The Morgan fingerprint density at radius 3 is 3.08 bits per heavy atom. The number of urea groups is 1. The molecule has 0 unspecified atom stereocenters. The maximum Gasteiger partial charge on any atom is 0.317 e. The number of likely N-dealkylation sites (tertiary alicyclic amines) is 1. The number of hydrogen-bond donors (Lipinski definition) is 1. The molecule has 3 rings (SSSR count). The molecule has 1 fully saturated rings. The third-order valence-corrected chi connectivity index (χ3v) is 5.88. The van der Waals surface area contributed by atoms with Crippen molar-refractivity contribution in [3.8, 4) is 0 Å². The van der Waals surface area contributed by atoms with Gasteiger partial charge in [0, 0.05) is 49.5 Å². The minimum Gasteiger partial charge on any atom is -0.338 e. The van der Waals surface area contributed by atoms with E-state index in [2.05, 4.69) is 33.7 Å². The number of aromatic nitrogens is 3. The molecular formula is C17H25N5OS. The second-order valence-electron chi connectivity index (χ2n) is 6.35. The monoisotopic (exact) mass is 347 g/mol. The maximum absolute atomic E-state index is 12.4. The van der Waals surface area contributed by atoms with Gasteiger partial charge in [0.15, 0.2) is 0 Å². The SMILES string of the molecule is CCc1cnc(CCNC(=O)N2CC[C@@H](C)[C@H](n3ccnc3)C2)s1. The Morgan fingerprint density at radius 1 is 1.50 bits per heavy atom. The third kappa shape index (κ3) is 3.95. The average Bonchev–Trinajstić information content (AvgIpc) is 3.26. The van der Waals surface area contributed by atoms with E-state index in [0.29, 0.717) is 18.5 Å². The Morgan fingerprint density at radius 2 is 2.38 bits per heavy atom. The molecule has 7 heteroatoms. The number of hydrogen-bond acceptors (Lipinski definition) is 4. The molecule has 1 aliphatic heterocycles. The van der Waals surface area contributed by atoms with Crippen LogP contribution in [0.15, 0.2) is 24.9 Å². The Hall–Kier alpha value is -1.89. The summed E-state index contributed by atoms with van der Waals surface area (Å²) in [6.45, 7) is 6.56. The molecule has 1 N–H and O–H groups in total. The molecule has 1 aliphatic rings. The van der Waals surface area contributed by atoms with Gasteiger partial charge in [-0.25, -0.2) is 14.8 Å². The van der Waals surface area contributed by atoms with E-state index in [-0.39, 0.29) is 6.03 Å². The minimum atomic E-state index is 0.0271. The first-order chi connectivity index (χ1) is 11.7. The predicted molar refractivity (Wildman–Crippen MR) is 95.2 cm³/mol. The molecule has 0 radical (unpaired) electrons. The minimum absolute atomic E-state index is 0.0271. The number of nitrogens with zero attached hydrogens (tertiary/aromatic N) is 4. The van der Waals surface area contributed by atoms with Gasteiger partial charge in [0.05, 0.1) is 17.4 Å². The van der Waals surface area contributed by atoms with E-state index in [1.54, 1.807) is 17.5 Å². The van der Waals surface area contributed by atoms with Crippen LogP contribution in [0.5, 0.6) is 0 Å². The number of carbonyl (C=O) groups excluding carboxylic acids is 1. The van der Waals surface area contributed by atoms with Crippen molar-refractivity contribution in [2.75, 3.05) is 19.6 Å². The first-order valence-electron chi connectivity index (χ1n) is 8.61. The van der Waals surface area contributed by atoms with E-state index >= 15 is 0 Å². The molecule has 0 spiro atoms. The maximum atomic E-state index is 12.4. The lowest BCUT2D eigenvalue weighted by Crippen LogP contribution is -2.48. The zero-order valence-electron chi connectivity index (χ0n) is 14.3. The van der Waals surface area contributed by atoms with Crippen molar-refractivity contribution in [3.05, 3.63) is 34.8 Å². The zero-order valence-corrected chi connectivity index (χ0v) is 15.1. The Kier molecular flexibility index (Phi) is 5.50. The van der Waals surface area contributed by atoms with Gasteiger partial charge in [-0.3, -0.25) is 0 Å². The largest absolute Gasteiger partial charge is 0.338 e. The zero-order chi connectivity index (χ0) is 16.9. The molecule has 24 heavy (non-hydrogen) atoms. The highest BCUT2D eigenvalue weighted by molar-refractivity contribution is 7.11. The Bertz CT molecular complexity index is 654. The molecule has 2 atom stereocenters. The van der Waals surface area contributed by atoms with Crippen LogP contribution in [0.1, 0.15) is 36.2 Å². The topological polar surface area (TPSA) is 63.1 Å². The highest BCUT2D eigenvalue weighted by atomic mass is 32.1. The molecule has 0 saturated carbocycles. The summed E-state index contributed by atoms with van der Waals surface area (Å²) >= 11 is 1.73. The number of imidazole rings is 1. The summed E-state index contributed by atoms with van der Waals surface area (Å²) in [6.07, 6.45) is 10.4. The fraction of sp³-hybridized carbons (Fsp3) is 0.588. The molecule has 0 aliphatic carbocycles. The van der Waals surface area contributed by atoms with Gasteiger partial charge in [-0.15, -0.1) is 11.3 Å². The van der Waals surface area contributed by atoms with Crippen LogP contribution in [-0.2, 0) is 12.8 Å². The number of amides is 2. The van der Waals surface area contributed by atoms with Crippen LogP contribution in [0.2, 0.25) is 0 Å². The van der Waals surface area contributed by atoms with E-state index in [9.17, 15) is 4.79 Å². The number of rotatable bonds is 5. The van der Waals surface area contributed by atoms with Gasteiger partial charge in [0.25, 0.3) is 0 Å². The molecule has 130 valence electrons. The first kappa shape index (κ1) is 17.0. The Labute approximate surface area is 146 Å². The molecule has 2 aromatic heterocycles. The van der Waals surface area contributed by atoms with Gasteiger partial charge < -0.3 is 14.8 Å². The lowest BCUT2D eigenvalue weighted by molar-refractivity contribution is 0.140. The summed E-state index contributed by atoms with van der Waals surface area (Å²) in [5, 5.41) is 4.13. The summed E-state index contributed by atoms with van der Waals surface area (Å²) < 4.78 is 2.12. The van der Waals surface area contributed by atoms with E-state index < -0.39 is 0 Å². The fourth-order valence-corrected chi connectivity index (χ4v) is 3.96. The van der Waals surface area contributed by atoms with Crippen molar-refractivity contribution in [3.63, 3.8) is 0 Å². The van der Waals surface area contributed by atoms with Crippen molar-refractivity contribution in [1.29, 1.82) is 0 Å². The van der Waals surface area contributed by atoms with Crippen LogP contribution in [0, 0.1) is 5.92 Å². The van der Waals surface area contributed by atoms with Crippen LogP contribution in [0.4, 0.5) is 4.79 Å². The number of piperidine rings is 1. The third-order valence-electron chi connectivity index (χ3n) is 4.68. The normalized spacial score (nSPS) is 21.0. The van der Waals surface area contributed by atoms with Crippen LogP contribution in [0.3, 0.4) is 0 Å². The van der Waals surface area contributed by atoms with Gasteiger partial charge in [0.2, 0.25) is 0 Å². The predicted octanol–water partition coefficient (Wildman–Crippen LogP) is 2.74. The number of nitrogens with one attached hydrogen (secondary N) is 1. The molecule has 2 aromatic rings. The highest BCUT2D eigenvalue weighted by Crippen LogP contribution is 2.27. The van der Waals surface area contributed by atoms with Crippen molar-refractivity contribution < 1.29 is 4.79 Å². The van der Waals surface area contributed by atoms with Crippen LogP contribution in [0.25, 0.3) is 0 Å². The quantitative estimate of drug-likeness (QED) is 0.904. The van der Waals surface area contributed by atoms with Crippen LogP contribution >= 0.6 is 11.3 Å². The van der Waals surface area contributed by atoms with E-state index in [0.717, 1.165) is 37.4 Å². The average molecular weight is 347 g/mol. The van der Waals surface area contributed by atoms with Gasteiger partial charge >= 0.3 is 6.03 Å². The van der Waals surface area contributed by atoms with E-state index in [1.165, 1.54) is 4.88 Å². The summed E-state index contributed by atoms with van der Waals surface area (Å²) in [6, 6.07) is 0.331. The van der Waals surface area contributed by atoms with E-state index in [4.69, 9.17) is 0 Å². The molecule has 0 aromatic carbocycles. The van der Waals surface area contributed by atoms with Gasteiger partial charge in [-0.1, -0.05) is 13.8 Å². The van der Waals surface area contributed by atoms with Crippen LogP contribution < -0.4 is 5.32 Å². The van der Waals surface area contributed by atoms with Crippen molar-refractivity contribution in [2.45, 2.75) is 39.2 Å². The highest BCUT2D eigenvalue weighted by Gasteiger charge is 2.29. The van der Waals surface area contributed by atoms with Gasteiger partial charge in [0.1, 0.15) is 0 Å². The number of carbonyl (C=O) groups is 1. The summed E-state index contributed by atoms with van der Waals surface area (Å²) in [5.74, 6) is 0.547. The lowest BCUT2D eigenvalue weighted by Gasteiger charge is -2.37. The van der Waals surface area contributed by atoms with Crippen LogP contribution in [-0.4, -0.2) is 45.1 Å². The number of aryl methyl sites for hydroxylation is 1. The van der Waals surface area contributed by atoms with Gasteiger partial charge in [-0.2, -0.15) is 0 Å². The first-order valence-corrected chi connectivity index (χ1v) is 9.42. The van der Waals surface area contributed by atoms with Gasteiger partial charge in [-0.05, 0) is 18.8 Å². The molecule has 6 nitrogen and oxygen atoms in total. The molecule has 0 bridgehead atoms. The molecular weight excluding hydrogens is 322 g/mol. The second kappa shape index (κ2) is 7.79. The summed E-state index contributed by atoms with van der Waals surface area (Å²) in [5.41, 5.74) is 0. The fourth-order valence-electron chi connectivity index (χ4n) is 3.10.